The standard InChI is InChI=1S/C30H26O13/c31-14-7-19(35)16-11-25(28(41-23(16)9-14)12-1-3-17(33)20(36)5-12)43-30(13-2-4-18(34)21(37)6-13)29(40)27(39)26-22(38)8-15(32)10-24(26)42-30/h1-10,25,27-29,31-40H,11H2/t25-,27-,28-,29-,30-/m0/s1. The number of aromatic hydroxyl groups is 8. The van der Waals surface area contributed by atoms with E-state index >= 15 is 0 Å². The van der Waals surface area contributed by atoms with E-state index in [9.17, 15) is 51.1 Å². The Morgan fingerprint density at radius 1 is 0.651 bits per heavy atom. The number of benzene rings is 4. The molecule has 224 valence electrons. The van der Waals surface area contributed by atoms with Gasteiger partial charge in [0.1, 0.15) is 46.7 Å². The third-order valence-corrected chi connectivity index (χ3v) is 7.55. The van der Waals surface area contributed by atoms with Crippen LogP contribution in [-0.2, 0) is 16.9 Å². The van der Waals surface area contributed by atoms with Crippen molar-refractivity contribution in [1.82, 2.24) is 0 Å². The van der Waals surface area contributed by atoms with Crippen molar-refractivity contribution in [3.8, 4) is 57.5 Å². The van der Waals surface area contributed by atoms with Gasteiger partial charge in [-0.3, -0.25) is 0 Å². The summed E-state index contributed by atoms with van der Waals surface area (Å²) >= 11 is 0. The van der Waals surface area contributed by atoms with Crippen LogP contribution in [-0.4, -0.2) is 63.3 Å². The van der Waals surface area contributed by atoms with Crippen molar-refractivity contribution in [2.75, 3.05) is 0 Å². The van der Waals surface area contributed by atoms with Gasteiger partial charge in [0.2, 0.25) is 0 Å². The van der Waals surface area contributed by atoms with Gasteiger partial charge in [-0.1, -0.05) is 6.07 Å². The first kappa shape index (κ1) is 27.9. The lowest BCUT2D eigenvalue weighted by molar-refractivity contribution is -0.307. The van der Waals surface area contributed by atoms with Crippen LogP contribution in [0.2, 0.25) is 0 Å². The van der Waals surface area contributed by atoms with E-state index in [2.05, 4.69) is 0 Å². The molecule has 43 heavy (non-hydrogen) atoms. The number of fused-ring (bicyclic) bond motifs is 2. The van der Waals surface area contributed by atoms with E-state index in [-0.39, 0.29) is 51.7 Å². The first-order chi connectivity index (χ1) is 20.4. The number of rotatable bonds is 4. The van der Waals surface area contributed by atoms with E-state index in [1.54, 1.807) is 0 Å². The van der Waals surface area contributed by atoms with Crippen molar-refractivity contribution in [2.24, 2.45) is 0 Å². The quantitative estimate of drug-likeness (QED) is 0.153. The highest BCUT2D eigenvalue weighted by Gasteiger charge is 2.56. The summed E-state index contributed by atoms with van der Waals surface area (Å²) in [6, 6.07) is 11.5. The summed E-state index contributed by atoms with van der Waals surface area (Å²) < 4.78 is 18.7. The Labute approximate surface area is 242 Å². The maximum atomic E-state index is 11.6. The monoisotopic (exact) mass is 594 g/mol. The van der Waals surface area contributed by atoms with Crippen molar-refractivity contribution in [1.29, 1.82) is 0 Å². The van der Waals surface area contributed by atoms with Gasteiger partial charge >= 0.3 is 0 Å². The van der Waals surface area contributed by atoms with Crippen LogP contribution in [0.5, 0.6) is 57.5 Å². The molecule has 0 spiro atoms. The van der Waals surface area contributed by atoms with Crippen LogP contribution in [0.1, 0.15) is 34.5 Å². The SMILES string of the molecule is Oc1cc(O)c2c(c1)O[C@@H](c1ccc(O)c(O)c1)[C@@H](O[C@]1(c3ccc(O)c(O)c3)Oc3cc(O)cc(O)c3[C@H](O)[C@@H]1O)C2. The number of phenolic OH excluding ortho intramolecular Hbond substituents is 8. The molecule has 0 unspecified atom stereocenters. The van der Waals surface area contributed by atoms with Gasteiger partial charge in [0, 0.05) is 41.8 Å². The van der Waals surface area contributed by atoms with Crippen LogP contribution >= 0.6 is 0 Å². The Kier molecular flexibility index (Phi) is 6.45. The smallest absolute Gasteiger partial charge is 0.267 e. The largest absolute Gasteiger partial charge is 0.508 e. The summed E-state index contributed by atoms with van der Waals surface area (Å²) in [4.78, 5) is 0. The van der Waals surface area contributed by atoms with Crippen LogP contribution < -0.4 is 9.47 Å². The van der Waals surface area contributed by atoms with Crippen molar-refractivity contribution in [2.45, 2.75) is 36.6 Å². The molecule has 0 saturated carbocycles. The van der Waals surface area contributed by atoms with Gasteiger partial charge in [0.15, 0.2) is 35.2 Å². The molecule has 5 atom stereocenters. The third-order valence-electron chi connectivity index (χ3n) is 7.55. The van der Waals surface area contributed by atoms with E-state index in [1.807, 2.05) is 0 Å². The summed E-state index contributed by atoms with van der Waals surface area (Å²) in [6.07, 6.45) is -6.47. The van der Waals surface area contributed by atoms with Crippen LogP contribution in [0.15, 0.2) is 60.7 Å². The summed E-state index contributed by atoms with van der Waals surface area (Å²) in [5, 5.41) is 104. The normalized spacial score (nSPS) is 24.3. The Morgan fingerprint density at radius 3 is 1.95 bits per heavy atom. The second-order valence-corrected chi connectivity index (χ2v) is 10.3. The Bertz CT molecular complexity index is 1740. The van der Waals surface area contributed by atoms with Crippen LogP contribution in [0.25, 0.3) is 0 Å². The minimum Gasteiger partial charge on any atom is -0.508 e. The minimum atomic E-state index is -2.42. The summed E-state index contributed by atoms with van der Waals surface area (Å²) in [6.45, 7) is 0. The molecule has 2 aliphatic heterocycles. The fraction of sp³-hybridized carbons (Fsp3) is 0.200. The lowest BCUT2D eigenvalue weighted by Crippen LogP contribution is -2.55. The lowest BCUT2D eigenvalue weighted by Gasteiger charge is -2.47. The molecular formula is C30H26O13. The van der Waals surface area contributed by atoms with E-state index in [0.717, 1.165) is 30.3 Å². The van der Waals surface area contributed by atoms with Crippen molar-refractivity contribution >= 4 is 0 Å². The zero-order valence-corrected chi connectivity index (χ0v) is 22.0. The minimum absolute atomic E-state index is 0.0663. The third kappa shape index (κ3) is 4.55. The molecule has 0 aliphatic carbocycles. The highest BCUT2D eigenvalue weighted by atomic mass is 16.7. The number of hydrogen-bond acceptors (Lipinski definition) is 13. The molecule has 2 heterocycles. The molecule has 0 aromatic heterocycles. The number of phenols is 8. The van der Waals surface area contributed by atoms with E-state index < -0.39 is 64.7 Å². The highest BCUT2D eigenvalue weighted by molar-refractivity contribution is 5.55. The summed E-state index contributed by atoms with van der Waals surface area (Å²) in [5.74, 6) is -6.38. The highest BCUT2D eigenvalue weighted by Crippen LogP contribution is 2.53. The molecule has 4 aromatic rings. The Morgan fingerprint density at radius 2 is 1.28 bits per heavy atom. The molecule has 4 aromatic carbocycles. The number of hydrogen-bond donors (Lipinski definition) is 10. The topological polar surface area (TPSA) is 230 Å². The average molecular weight is 595 g/mol. The number of aliphatic hydroxyl groups is 2. The van der Waals surface area contributed by atoms with Crippen LogP contribution in [0, 0.1) is 0 Å². The lowest BCUT2D eigenvalue weighted by atomic mass is 9.87. The molecule has 0 saturated heterocycles. The van der Waals surface area contributed by atoms with Gasteiger partial charge in [0.25, 0.3) is 5.79 Å². The zero-order chi connectivity index (χ0) is 30.8. The van der Waals surface area contributed by atoms with Crippen molar-refractivity contribution in [3.05, 3.63) is 82.9 Å². The van der Waals surface area contributed by atoms with E-state index in [1.165, 1.54) is 30.3 Å². The van der Waals surface area contributed by atoms with Gasteiger partial charge in [0.05, 0.1) is 5.56 Å². The predicted octanol–water partition coefficient (Wildman–Crippen LogP) is 2.73. The second-order valence-electron chi connectivity index (χ2n) is 10.3. The Hall–Kier alpha value is -5.24. The molecular weight excluding hydrogens is 568 g/mol. The predicted molar refractivity (Wildman–Crippen MR) is 144 cm³/mol. The zero-order valence-electron chi connectivity index (χ0n) is 22.0. The number of ether oxygens (including phenoxy) is 3. The van der Waals surface area contributed by atoms with Gasteiger partial charge in [-0.25, -0.2) is 0 Å². The summed E-state index contributed by atoms with van der Waals surface area (Å²) in [7, 11) is 0. The molecule has 6 rings (SSSR count). The van der Waals surface area contributed by atoms with Crippen LogP contribution in [0.4, 0.5) is 0 Å². The average Bonchev–Trinajstić information content (AvgIpc) is 2.94. The molecule has 13 nitrogen and oxygen atoms in total. The van der Waals surface area contributed by atoms with Crippen molar-refractivity contribution < 1.29 is 65.3 Å². The Balaban J connectivity index is 1.54. The molecule has 0 bridgehead atoms. The molecule has 0 amide bonds. The molecule has 0 fully saturated rings. The first-order valence-corrected chi connectivity index (χ1v) is 12.9. The fourth-order valence-corrected chi connectivity index (χ4v) is 5.48. The van der Waals surface area contributed by atoms with E-state index in [4.69, 9.17) is 14.2 Å². The van der Waals surface area contributed by atoms with Crippen molar-refractivity contribution in [3.63, 3.8) is 0 Å². The maximum Gasteiger partial charge on any atom is 0.267 e. The summed E-state index contributed by atoms with van der Waals surface area (Å²) in [5.41, 5.74) is 0.0630. The van der Waals surface area contributed by atoms with Gasteiger partial charge in [-0.2, -0.15) is 0 Å². The molecule has 2 aliphatic rings. The molecule has 13 heteroatoms. The first-order valence-electron chi connectivity index (χ1n) is 12.9. The fourth-order valence-electron chi connectivity index (χ4n) is 5.48. The second kappa shape index (κ2) is 9.94. The van der Waals surface area contributed by atoms with Gasteiger partial charge < -0.3 is 65.3 Å². The molecule has 0 radical (unpaired) electrons. The molecule has 10 N–H and O–H groups in total. The maximum absolute atomic E-state index is 11.6. The van der Waals surface area contributed by atoms with Gasteiger partial charge in [-0.15, -0.1) is 0 Å². The number of aliphatic hydroxyl groups excluding tert-OH is 2. The van der Waals surface area contributed by atoms with Crippen LogP contribution in [0.3, 0.4) is 0 Å². The van der Waals surface area contributed by atoms with Gasteiger partial charge in [-0.05, 0) is 35.9 Å². The van der Waals surface area contributed by atoms with E-state index in [0.29, 0.717) is 0 Å².